The van der Waals surface area contributed by atoms with Crippen LogP contribution in [0.2, 0.25) is 0 Å². The van der Waals surface area contributed by atoms with Gasteiger partial charge in [0.15, 0.2) is 0 Å². The minimum absolute atomic E-state index is 0.0230. The summed E-state index contributed by atoms with van der Waals surface area (Å²) in [5.41, 5.74) is -0.302. The van der Waals surface area contributed by atoms with E-state index in [1.807, 2.05) is 0 Å². The number of amides is 3. The first-order valence-electron chi connectivity index (χ1n) is 12.1. The Morgan fingerprint density at radius 1 is 1.00 bits per heavy atom. The highest BCUT2D eigenvalue weighted by Crippen LogP contribution is 2.38. The fourth-order valence-electron chi connectivity index (χ4n) is 4.00. The summed E-state index contributed by atoms with van der Waals surface area (Å²) in [6.45, 7) is 1.37. The van der Waals surface area contributed by atoms with Gasteiger partial charge in [-0.1, -0.05) is 0 Å². The number of urea groups is 1. The predicted molar refractivity (Wildman–Crippen MR) is 137 cm³/mol. The normalized spacial score (nSPS) is 17.8. The van der Waals surface area contributed by atoms with Gasteiger partial charge in [0.05, 0.1) is 5.56 Å². The lowest BCUT2D eigenvalue weighted by molar-refractivity contribution is -0.139. The Bertz CT molecular complexity index is 1210. The summed E-state index contributed by atoms with van der Waals surface area (Å²) in [6.07, 6.45) is -0.379. The highest BCUT2D eigenvalue weighted by atomic mass is 19.4. The molecule has 0 aliphatic carbocycles. The van der Waals surface area contributed by atoms with E-state index in [9.17, 15) is 22.8 Å². The molecule has 4 N–H and O–H groups in total. The number of aliphatic imine (C=N–C) groups is 1. The van der Waals surface area contributed by atoms with Gasteiger partial charge in [0.1, 0.15) is 29.4 Å². The van der Waals surface area contributed by atoms with E-state index in [-0.39, 0.29) is 35.2 Å². The molecule has 0 spiro atoms. The third-order valence-electron chi connectivity index (χ3n) is 5.89. The Morgan fingerprint density at radius 2 is 1.68 bits per heavy atom. The Hall–Kier alpha value is -4.06. The van der Waals surface area contributed by atoms with Crippen LogP contribution in [0, 0.1) is 0 Å². The van der Waals surface area contributed by atoms with E-state index in [4.69, 9.17) is 9.47 Å². The minimum Gasteiger partial charge on any atom is -0.490 e. The summed E-state index contributed by atoms with van der Waals surface area (Å²) in [7, 11) is 1.51. The molecule has 0 bridgehead atoms. The molecule has 0 saturated carbocycles. The SMILES string of the molecule is CNC(=O)C1=CC(Oc2ccc(NC(=O)Nc3ccc(OC4CCNCC4)c(C(F)(F)F)c3)cc2)CC=N1. The standard InChI is InChI=1S/C26H28F3N5O4/c1-30-24(35)22-15-20(10-13-32-22)37-18-5-2-16(3-6-18)33-25(36)34-17-4-7-23(21(14-17)26(27,28)29)38-19-8-11-31-12-9-19/h2-7,13-15,19-20,31H,8-12H2,1H3,(H,30,35)(H2,33,34,36). The number of piperidine rings is 1. The molecule has 12 heteroatoms. The van der Waals surface area contributed by atoms with Gasteiger partial charge >= 0.3 is 12.2 Å². The van der Waals surface area contributed by atoms with Crippen molar-refractivity contribution in [1.29, 1.82) is 0 Å². The molecule has 2 heterocycles. The average molecular weight is 532 g/mol. The Balaban J connectivity index is 1.35. The van der Waals surface area contributed by atoms with Crippen LogP contribution in [0.1, 0.15) is 24.8 Å². The quantitative estimate of drug-likeness (QED) is 0.425. The van der Waals surface area contributed by atoms with E-state index in [1.165, 1.54) is 19.2 Å². The second-order valence-electron chi connectivity index (χ2n) is 8.71. The topological polar surface area (TPSA) is 113 Å². The molecule has 1 saturated heterocycles. The molecule has 1 unspecified atom stereocenters. The maximum absolute atomic E-state index is 13.7. The minimum atomic E-state index is -4.65. The Labute approximate surface area is 217 Å². The first kappa shape index (κ1) is 27.0. The van der Waals surface area contributed by atoms with Gasteiger partial charge < -0.3 is 30.7 Å². The Kier molecular flexibility index (Phi) is 8.52. The highest BCUT2D eigenvalue weighted by molar-refractivity contribution is 6.00. The molecular weight excluding hydrogens is 503 g/mol. The van der Waals surface area contributed by atoms with E-state index in [1.54, 1.807) is 36.6 Å². The molecule has 1 atom stereocenters. The van der Waals surface area contributed by atoms with Crippen molar-refractivity contribution in [3.63, 3.8) is 0 Å². The predicted octanol–water partition coefficient (Wildman–Crippen LogP) is 4.33. The van der Waals surface area contributed by atoms with Crippen molar-refractivity contribution in [2.24, 2.45) is 4.99 Å². The van der Waals surface area contributed by atoms with E-state index in [0.29, 0.717) is 43.8 Å². The van der Waals surface area contributed by atoms with Crippen LogP contribution in [0.5, 0.6) is 11.5 Å². The van der Waals surface area contributed by atoms with Crippen molar-refractivity contribution >= 4 is 29.5 Å². The third-order valence-corrected chi connectivity index (χ3v) is 5.89. The number of carbonyl (C=O) groups excluding carboxylic acids is 2. The summed E-state index contributed by atoms with van der Waals surface area (Å²) in [5, 5.41) is 10.7. The van der Waals surface area contributed by atoms with Crippen LogP contribution >= 0.6 is 0 Å². The molecular formula is C26H28F3N5O4. The molecule has 2 aromatic rings. The van der Waals surface area contributed by atoms with Crippen molar-refractivity contribution < 1.29 is 32.2 Å². The van der Waals surface area contributed by atoms with Gasteiger partial charge in [-0.25, -0.2) is 4.79 Å². The number of nitrogens with one attached hydrogen (secondary N) is 4. The molecule has 3 amide bonds. The molecule has 2 aromatic carbocycles. The zero-order valence-electron chi connectivity index (χ0n) is 20.6. The first-order valence-corrected chi connectivity index (χ1v) is 12.1. The van der Waals surface area contributed by atoms with Gasteiger partial charge in [-0.05, 0) is 74.5 Å². The van der Waals surface area contributed by atoms with Crippen molar-refractivity contribution in [1.82, 2.24) is 10.6 Å². The maximum atomic E-state index is 13.7. The number of likely N-dealkylation sites (N-methyl/N-ethyl adjacent to an activating group) is 1. The lowest BCUT2D eigenvalue weighted by atomic mass is 10.1. The van der Waals surface area contributed by atoms with Crippen LogP contribution in [0.3, 0.4) is 0 Å². The molecule has 0 aromatic heterocycles. The second-order valence-corrected chi connectivity index (χ2v) is 8.71. The fourth-order valence-corrected chi connectivity index (χ4v) is 4.00. The van der Waals surface area contributed by atoms with Crippen molar-refractivity contribution in [2.75, 3.05) is 30.8 Å². The van der Waals surface area contributed by atoms with Crippen LogP contribution in [-0.4, -0.2) is 50.5 Å². The number of ether oxygens (including phenoxy) is 2. The van der Waals surface area contributed by atoms with E-state index >= 15 is 0 Å². The molecule has 0 radical (unpaired) electrons. The molecule has 2 aliphatic rings. The number of anilines is 2. The van der Waals surface area contributed by atoms with E-state index in [0.717, 1.165) is 6.07 Å². The van der Waals surface area contributed by atoms with Crippen LogP contribution in [0.15, 0.2) is 59.2 Å². The molecule has 202 valence electrons. The zero-order valence-corrected chi connectivity index (χ0v) is 20.6. The summed E-state index contributed by atoms with van der Waals surface area (Å²) in [6, 6.07) is 9.19. The smallest absolute Gasteiger partial charge is 0.420 e. The monoisotopic (exact) mass is 531 g/mol. The molecule has 4 rings (SSSR count). The molecule has 1 fully saturated rings. The number of alkyl halides is 3. The number of halogens is 3. The Morgan fingerprint density at radius 3 is 2.37 bits per heavy atom. The summed E-state index contributed by atoms with van der Waals surface area (Å²) in [5.74, 6) is -0.0678. The number of rotatable bonds is 7. The van der Waals surface area contributed by atoms with Gasteiger partial charge in [-0.2, -0.15) is 13.2 Å². The highest BCUT2D eigenvalue weighted by Gasteiger charge is 2.35. The van der Waals surface area contributed by atoms with Gasteiger partial charge in [-0.15, -0.1) is 0 Å². The molecule has 9 nitrogen and oxygen atoms in total. The summed E-state index contributed by atoms with van der Waals surface area (Å²) < 4.78 is 52.5. The van der Waals surface area contributed by atoms with Gasteiger partial charge in [-0.3, -0.25) is 9.79 Å². The third kappa shape index (κ3) is 7.25. The fraction of sp³-hybridized carbons (Fsp3) is 0.346. The van der Waals surface area contributed by atoms with Crippen molar-refractivity contribution in [3.8, 4) is 11.5 Å². The van der Waals surface area contributed by atoms with Crippen LogP contribution in [0.4, 0.5) is 29.3 Å². The van der Waals surface area contributed by atoms with E-state index in [2.05, 4.69) is 26.3 Å². The van der Waals surface area contributed by atoms with Crippen LogP contribution < -0.4 is 30.7 Å². The number of hydrogen-bond acceptors (Lipinski definition) is 6. The number of benzene rings is 2. The van der Waals surface area contributed by atoms with E-state index < -0.39 is 17.8 Å². The average Bonchev–Trinajstić information content (AvgIpc) is 2.90. The lowest BCUT2D eigenvalue weighted by Crippen LogP contribution is -2.34. The largest absolute Gasteiger partial charge is 0.490 e. The van der Waals surface area contributed by atoms with Crippen LogP contribution in [-0.2, 0) is 11.0 Å². The van der Waals surface area contributed by atoms with Gasteiger partial charge in [0, 0.05) is 31.1 Å². The van der Waals surface area contributed by atoms with Crippen molar-refractivity contribution in [3.05, 3.63) is 59.8 Å². The number of hydrogen-bond donors (Lipinski definition) is 4. The number of nitrogens with zero attached hydrogens (tertiary/aromatic N) is 1. The number of carbonyl (C=O) groups is 2. The molecule has 38 heavy (non-hydrogen) atoms. The summed E-state index contributed by atoms with van der Waals surface area (Å²) in [4.78, 5) is 28.2. The van der Waals surface area contributed by atoms with Crippen molar-refractivity contribution in [2.45, 2.75) is 37.6 Å². The van der Waals surface area contributed by atoms with Gasteiger partial charge in [0.25, 0.3) is 5.91 Å². The first-order chi connectivity index (χ1) is 18.2. The lowest BCUT2D eigenvalue weighted by Gasteiger charge is -2.25. The molecule has 2 aliphatic heterocycles. The van der Waals surface area contributed by atoms with Gasteiger partial charge in [0.2, 0.25) is 0 Å². The summed E-state index contributed by atoms with van der Waals surface area (Å²) >= 11 is 0. The maximum Gasteiger partial charge on any atom is 0.420 e. The van der Waals surface area contributed by atoms with Crippen LogP contribution in [0.25, 0.3) is 0 Å². The zero-order chi connectivity index (χ0) is 27.1. The second kappa shape index (κ2) is 12.0.